The molecule has 0 spiro atoms. The predicted octanol–water partition coefficient (Wildman–Crippen LogP) is 4.77. The highest BCUT2D eigenvalue weighted by atomic mass is 35.5. The van der Waals surface area contributed by atoms with E-state index in [0.29, 0.717) is 23.6 Å². The van der Waals surface area contributed by atoms with Gasteiger partial charge in [0.15, 0.2) is 0 Å². The van der Waals surface area contributed by atoms with Crippen LogP contribution in [0.1, 0.15) is 49.4 Å². The second-order valence-electron chi connectivity index (χ2n) is 7.29. The minimum atomic E-state index is -3.71. The summed E-state index contributed by atoms with van der Waals surface area (Å²) >= 11 is 6.12. The van der Waals surface area contributed by atoms with Gasteiger partial charge in [-0.2, -0.15) is 0 Å². The predicted molar refractivity (Wildman–Crippen MR) is 120 cm³/mol. The van der Waals surface area contributed by atoms with Crippen molar-refractivity contribution in [2.24, 2.45) is 0 Å². The van der Waals surface area contributed by atoms with E-state index in [1.165, 1.54) is 4.31 Å². The van der Waals surface area contributed by atoms with Crippen LogP contribution in [0.3, 0.4) is 0 Å². The monoisotopic (exact) mass is 436 g/mol. The van der Waals surface area contributed by atoms with E-state index in [0.717, 1.165) is 22.9 Å². The number of aryl methyl sites for hydroxylation is 2. The van der Waals surface area contributed by atoms with E-state index in [4.69, 9.17) is 11.6 Å². The summed E-state index contributed by atoms with van der Waals surface area (Å²) in [6, 6.07) is 11.9. The molecule has 0 radical (unpaired) electrons. The van der Waals surface area contributed by atoms with Crippen molar-refractivity contribution in [3.05, 3.63) is 64.2 Å². The second-order valence-corrected chi connectivity index (χ2v) is 9.59. The Kier molecular flexibility index (Phi) is 7.72. The van der Waals surface area contributed by atoms with Crippen molar-refractivity contribution >= 4 is 33.2 Å². The van der Waals surface area contributed by atoms with Crippen LogP contribution in [0.5, 0.6) is 0 Å². The van der Waals surface area contributed by atoms with Crippen molar-refractivity contribution in [2.75, 3.05) is 10.6 Å². The van der Waals surface area contributed by atoms with Crippen LogP contribution in [0.25, 0.3) is 0 Å². The van der Waals surface area contributed by atoms with Crippen molar-refractivity contribution in [3.63, 3.8) is 0 Å². The van der Waals surface area contributed by atoms with E-state index in [-0.39, 0.29) is 11.9 Å². The maximum atomic E-state index is 13.2. The molecule has 0 aliphatic heterocycles. The van der Waals surface area contributed by atoms with Gasteiger partial charge in [0.1, 0.15) is 6.04 Å². The van der Waals surface area contributed by atoms with Crippen molar-refractivity contribution in [3.8, 4) is 0 Å². The van der Waals surface area contributed by atoms with Crippen LogP contribution < -0.4 is 9.62 Å². The molecule has 2 atom stereocenters. The SMILES string of the molecule is CC[C@H](NC(=O)[C@H](CC)N(c1cc(Cl)ccc1C)S(C)(=O)=O)c1ccc(C)cc1. The lowest BCUT2D eigenvalue weighted by molar-refractivity contribution is -0.123. The summed E-state index contributed by atoms with van der Waals surface area (Å²) < 4.78 is 26.5. The van der Waals surface area contributed by atoms with Crippen LogP contribution in [0.4, 0.5) is 5.69 Å². The first-order valence-corrected chi connectivity index (χ1v) is 11.9. The zero-order chi connectivity index (χ0) is 21.8. The van der Waals surface area contributed by atoms with E-state index in [1.807, 2.05) is 38.1 Å². The standard InChI is InChI=1S/C22H29ClN2O3S/c1-6-19(17-11-8-15(3)9-12-17)24-22(26)20(7-2)25(29(5,27)28)21-14-18(23)13-10-16(21)4/h8-14,19-20H,6-7H2,1-5H3,(H,24,26)/t19-,20-/m0/s1. The number of sulfonamides is 1. The molecule has 0 bridgehead atoms. The number of carbonyl (C=O) groups excluding carboxylic acids is 1. The van der Waals surface area contributed by atoms with Crippen LogP contribution in [0.2, 0.25) is 5.02 Å². The number of amides is 1. The van der Waals surface area contributed by atoms with Gasteiger partial charge < -0.3 is 5.32 Å². The molecule has 2 rings (SSSR count). The first-order valence-electron chi connectivity index (χ1n) is 9.71. The largest absolute Gasteiger partial charge is 0.347 e. The van der Waals surface area contributed by atoms with Gasteiger partial charge in [0.2, 0.25) is 15.9 Å². The van der Waals surface area contributed by atoms with Gasteiger partial charge in [-0.1, -0.05) is 61.3 Å². The zero-order valence-electron chi connectivity index (χ0n) is 17.6. The molecular formula is C22H29ClN2O3S. The Morgan fingerprint density at radius 1 is 1.07 bits per heavy atom. The van der Waals surface area contributed by atoms with Crippen molar-refractivity contribution in [2.45, 2.75) is 52.6 Å². The van der Waals surface area contributed by atoms with Gasteiger partial charge in [-0.3, -0.25) is 9.10 Å². The van der Waals surface area contributed by atoms with E-state index < -0.39 is 16.1 Å². The Hall–Kier alpha value is -2.05. The molecule has 1 amide bonds. The van der Waals surface area contributed by atoms with Crippen molar-refractivity contribution < 1.29 is 13.2 Å². The van der Waals surface area contributed by atoms with Gasteiger partial charge in [-0.15, -0.1) is 0 Å². The molecule has 0 aliphatic rings. The molecule has 0 aliphatic carbocycles. The molecule has 0 heterocycles. The minimum absolute atomic E-state index is 0.195. The van der Waals surface area contributed by atoms with Crippen molar-refractivity contribution in [1.29, 1.82) is 0 Å². The first-order chi connectivity index (χ1) is 13.6. The number of rotatable bonds is 8. The van der Waals surface area contributed by atoms with Crippen LogP contribution in [0.15, 0.2) is 42.5 Å². The fraction of sp³-hybridized carbons (Fsp3) is 0.409. The van der Waals surface area contributed by atoms with Gasteiger partial charge in [-0.25, -0.2) is 8.42 Å². The van der Waals surface area contributed by atoms with Gasteiger partial charge in [0, 0.05) is 5.02 Å². The Bertz CT molecular complexity index is 959. The minimum Gasteiger partial charge on any atom is -0.347 e. The Labute approximate surface area is 179 Å². The summed E-state index contributed by atoms with van der Waals surface area (Å²) in [7, 11) is -3.71. The molecule has 158 valence electrons. The normalized spacial score (nSPS) is 13.6. The molecule has 2 aromatic rings. The zero-order valence-corrected chi connectivity index (χ0v) is 19.1. The van der Waals surface area contributed by atoms with Gasteiger partial charge >= 0.3 is 0 Å². The fourth-order valence-corrected chi connectivity index (χ4v) is 4.77. The molecule has 0 unspecified atom stereocenters. The molecule has 0 aromatic heterocycles. The van der Waals surface area contributed by atoms with Crippen molar-refractivity contribution in [1.82, 2.24) is 5.32 Å². The van der Waals surface area contributed by atoms with Gasteiger partial charge in [0.25, 0.3) is 0 Å². The Morgan fingerprint density at radius 3 is 2.21 bits per heavy atom. The van der Waals surface area contributed by atoms with Gasteiger partial charge in [0.05, 0.1) is 18.0 Å². The molecule has 0 fully saturated rings. The highest BCUT2D eigenvalue weighted by Crippen LogP contribution is 2.29. The number of hydrogen-bond acceptors (Lipinski definition) is 3. The maximum absolute atomic E-state index is 13.2. The Morgan fingerprint density at radius 2 is 1.69 bits per heavy atom. The number of hydrogen-bond donors (Lipinski definition) is 1. The molecular weight excluding hydrogens is 408 g/mol. The summed E-state index contributed by atoms with van der Waals surface area (Å²) in [5.41, 5.74) is 3.29. The molecule has 0 saturated carbocycles. The number of nitrogens with one attached hydrogen (secondary N) is 1. The third-order valence-electron chi connectivity index (χ3n) is 4.94. The molecule has 2 aromatic carbocycles. The number of anilines is 1. The smallest absolute Gasteiger partial charge is 0.244 e. The molecule has 7 heteroatoms. The quantitative estimate of drug-likeness (QED) is 0.648. The first kappa shape index (κ1) is 23.2. The van der Waals surface area contributed by atoms with E-state index in [2.05, 4.69) is 5.32 Å². The number of benzene rings is 2. The molecule has 5 nitrogen and oxygen atoms in total. The highest BCUT2D eigenvalue weighted by molar-refractivity contribution is 7.92. The fourth-order valence-electron chi connectivity index (χ4n) is 3.34. The molecule has 29 heavy (non-hydrogen) atoms. The average Bonchev–Trinajstić information content (AvgIpc) is 2.66. The van der Waals surface area contributed by atoms with Crippen LogP contribution in [0, 0.1) is 13.8 Å². The molecule has 0 saturated heterocycles. The summed E-state index contributed by atoms with van der Waals surface area (Å²) in [5, 5.41) is 3.45. The average molecular weight is 437 g/mol. The van der Waals surface area contributed by atoms with Crippen LogP contribution in [-0.2, 0) is 14.8 Å². The van der Waals surface area contributed by atoms with E-state index in [9.17, 15) is 13.2 Å². The lowest BCUT2D eigenvalue weighted by Gasteiger charge is -2.32. The highest BCUT2D eigenvalue weighted by Gasteiger charge is 2.33. The topological polar surface area (TPSA) is 66.5 Å². The third-order valence-corrected chi connectivity index (χ3v) is 6.34. The number of nitrogens with zero attached hydrogens (tertiary/aromatic N) is 1. The van der Waals surface area contributed by atoms with Gasteiger partial charge in [-0.05, 0) is 49.9 Å². The summed E-state index contributed by atoms with van der Waals surface area (Å²) in [6.45, 7) is 7.60. The third kappa shape index (κ3) is 5.73. The lowest BCUT2D eigenvalue weighted by Crippen LogP contribution is -2.50. The number of halogens is 1. The van der Waals surface area contributed by atoms with E-state index >= 15 is 0 Å². The number of carbonyl (C=O) groups is 1. The van der Waals surface area contributed by atoms with Crippen LogP contribution >= 0.6 is 11.6 Å². The summed E-state index contributed by atoms with van der Waals surface area (Å²) in [5.74, 6) is -0.329. The summed E-state index contributed by atoms with van der Waals surface area (Å²) in [4.78, 5) is 13.2. The summed E-state index contributed by atoms with van der Waals surface area (Å²) in [6.07, 6.45) is 2.13. The second kappa shape index (κ2) is 9.63. The maximum Gasteiger partial charge on any atom is 0.244 e. The van der Waals surface area contributed by atoms with Crippen LogP contribution in [-0.4, -0.2) is 26.6 Å². The molecule has 1 N–H and O–H groups in total. The Balaban J connectivity index is 2.40. The lowest BCUT2D eigenvalue weighted by atomic mass is 10.0. The van der Waals surface area contributed by atoms with E-state index in [1.54, 1.807) is 32.0 Å².